The van der Waals surface area contributed by atoms with Gasteiger partial charge in [0.1, 0.15) is 5.52 Å². The number of nitrogens with zero attached hydrogens (tertiary/aromatic N) is 2. The van der Waals surface area contributed by atoms with E-state index in [0.29, 0.717) is 16.8 Å². The van der Waals surface area contributed by atoms with Gasteiger partial charge >= 0.3 is 0 Å². The number of nitrogen functional groups attached to an aromatic ring is 1. The first-order valence-corrected chi connectivity index (χ1v) is 5.00. The van der Waals surface area contributed by atoms with Crippen LogP contribution in [0.5, 0.6) is 0 Å². The number of aromatic nitrogens is 2. The van der Waals surface area contributed by atoms with Gasteiger partial charge in [0.15, 0.2) is 11.4 Å². The summed E-state index contributed by atoms with van der Waals surface area (Å²) < 4.78 is 19.0. The summed E-state index contributed by atoms with van der Waals surface area (Å²) in [5.74, 6) is -0.268. The summed E-state index contributed by atoms with van der Waals surface area (Å²) in [5, 5.41) is 0. The molecule has 0 aliphatic rings. The fourth-order valence-corrected chi connectivity index (χ4v) is 1.63. The predicted octanol–water partition coefficient (Wildman–Crippen LogP) is 2.61. The first-order valence-electron chi connectivity index (χ1n) is 5.00. The average molecular weight is 229 g/mol. The van der Waals surface area contributed by atoms with Crippen molar-refractivity contribution in [2.75, 3.05) is 5.73 Å². The molecular weight excluding hydrogens is 221 g/mol. The third-order valence-corrected chi connectivity index (χ3v) is 2.45. The molecule has 5 heteroatoms. The van der Waals surface area contributed by atoms with Gasteiger partial charge < -0.3 is 10.2 Å². The van der Waals surface area contributed by atoms with Gasteiger partial charge in [-0.1, -0.05) is 6.07 Å². The van der Waals surface area contributed by atoms with E-state index < -0.39 is 5.82 Å². The maximum Gasteiger partial charge on any atom is 0.230 e. The summed E-state index contributed by atoms with van der Waals surface area (Å²) >= 11 is 0. The number of anilines is 1. The third kappa shape index (κ3) is 1.52. The van der Waals surface area contributed by atoms with E-state index in [1.54, 1.807) is 18.2 Å². The first kappa shape index (κ1) is 9.77. The van der Waals surface area contributed by atoms with Crippen LogP contribution in [-0.4, -0.2) is 9.97 Å². The Labute approximate surface area is 95.9 Å². The van der Waals surface area contributed by atoms with Gasteiger partial charge in [-0.3, -0.25) is 4.98 Å². The number of hydrogen-bond acceptors (Lipinski definition) is 4. The summed E-state index contributed by atoms with van der Waals surface area (Å²) in [6.45, 7) is 0. The van der Waals surface area contributed by atoms with Crippen molar-refractivity contribution in [3.05, 3.63) is 42.5 Å². The second-order valence-corrected chi connectivity index (χ2v) is 3.57. The van der Waals surface area contributed by atoms with E-state index in [0.717, 1.165) is 6.20 Å². The molecule has 0 aliphatic carbocycles. The normalized spacial score (nSPS) is 10.9. The molecule has 4 nitrogen and oxygen atoms in total. The van der Waals surface area contributed by atoms with Gasteiger partial charge in [0.05, 0.1) is 17.4 Å². The first-order chi connectivity index (χ1) is 8.25. The van der Waals surface area contributed by atoms with Gasteiger partial charge in [-0.05, 0) is 18.2 Å². The van der Waals surface area contributed by atoms with Crippen molar-refractivity contribution in [2.24, 2.45) is 0 Å². The van der Waals surface area contributed by atoms with Crippen LogP contribution >= 0.6 is 0 Å². The zero-order valence-corrected chi connectivity index (χ0v) is 8.72. The maximum absolute atomic E-state index is 13.5. The molecule has 1 aromatic carbocycles. The summed E-state index contributed by atoms with van der Waals surface area (Å²) in [5.41, 5.74) is 7.62. The molecule has 2 aromatic heterocycles. The Balaban J connectivity index is 2.26. The lowest BCUT2D eigenvalue weighted by molar-refractivity contribution is 0.590. The van der Waals surface area contributed by atoms with Gasteiger partial charge in [-0.15, -0.1) is 0 Å². The molecule has 0 radical (unpaired) electrons. The number of nitrogens with two attached hydrogens (primary N) is 1. The SMILES string of the molecule is Nc1cccc2oc(-c3ccncc3F)nc12. The number of para-hydroxylation sites is 1. The topological polar surface area (TPSA) is 64.9 Å². The minimum absolute atomic E-state index is 0.206. The van der Waals surface area contributed by atoms with Crippen LogP contribution < -0.4 is 5.73 Å². The molecular formula is C12H8FN3O. The fourth-order valence-electron chi connectivity index (χ4n) is 1.63. The Bertz CT molecular complexity index is 693. The van der Waals surface area contributed by atoms with Gasteiger partial charge in [0.2, 0.25) is 5.89 Å². The molecule has 0 saturated heterocycles. The van der Waals surface area contributed by atoms with E-state index >= 15 is 0 Å². The van der Waals surface area contributed by atoms with E-state index in [1.807, 2.05) is 0 Å². The highest BCUT2D eigenvalue weighted by molar-refractivity contribution is 5.87. The Kier molecular flexibility index (Phi) is 2.04. The highest BCUT2D eigenvalue weighted by atomic mass is 19.1. The number of pyridine rings is 1. The van der Waals surface area contributed by atoms with Gasteiger partial charge in [0, 0.05) is 6.20 Å². The van der Waals surface area contributed by atoms with Crippen molar-refractivity contribution in [2.45, 2.75) is 0 Å². The van der Waals surface area contributed by atoms with Crippen molar-refractivity contribution in [1.29, 1.82) is 0 Å². The molecule has 0 amide bonds. The zero-order chi connectivity index (χ0) is 11.8. The lowest BCUT2D eigenvalue weighted by atomic mass is 10.2. The van der Waals surface area contributed by atoms with E-state index in [2.05, 4.69) is 9.97 Å². The van der Waals surface area contributed by atoms with Crippen molar-refractivity contribution < 1.29 is 8.81 Å². The smallest absolute Gasteiger partial charge is 0.230 e. The minimum Gasteiger partial charge on any atom is -0.436 e. The van der Waals surface area contributed by atoms with E-state index in [9.17, 15) is 4.39 Å². The van der Waals surface area contributed by atoms with Crippen molar-refractivity contribution in [3.63, 3.8) is 0 Å². The Morgan fingerprint density at radius 3 is 2.88 bits per heavy atom. The van der Waals surface area contributed by atoms with Crippen molar-refractivity contribution in [1.82, 2.24) is 9.97 Å². The summed E-state index contributed by atoms with van der Waals surface area (Å²) in [6.07, 6.45) is 2.60. The van der Waals surface area contributed by atoms with Crippen LogP contribution in [0, 0.1) is 5.82 Å². The van der Waals surface area contributed by atoms with Gasteiger partial charge in [0.25, 0.3) is 0 Å². The summed E-state index contributed by atoms with van der Waals surface area (Å²) in [6, 6.07) is 6.73. The Morgan fingerprint density at radius 1 is 1.24 bits per heavy atom. The molecule has 0 bridgehead atoms. The molecule has 3 rings (SSSR count). The van der Waals surface area contributed by atoms with E-state index in [1.165, 1.54) is 12.3 Å². The molecule has 0 saturated carbocycles. The van der Waals surface area contributed by atoms with Gasteiger partial charge in [-0.25, -0.2) is 9.37 Å². The summed E-state index contributed by atoms with van der Waals surface area (Å²) in [4.78, 5) is 7.86. The highest BCUT2D eigenvalue weighted by Gasteiger charge is 2.13. The maximum atomic E-state index is 13.5. The molecule has 0 atom stereocenters. The number of benzene rings is 1. The van der Waals surface area contributed by atoms with Crippen LogP contribution in [0.25, 0.3) is 22.6 Å². The highest BCUT2D eigenvalue weighted by Crippen LogP contribution is 2.28. The predicted molar refractivity (Wildman–Crippen MR) is 61.6 cm³/mol. The third-order valence-electron chi connectivity index (χ3n) is 2.45. The van der Waals surface area contributed by atoms with E-state index in [4.69, 9.17) is 10.2 Å². The standard InChI is InChI=1S/C12H8FN3O/c13-8-6-15-5-4-7(8)12-16-11-9(14)2-1-3-10(11)17-12/h1-6H,14H2. The largest absolute Gasteiger partial charge is 0.436 e. The quantitative estimate of drug-likeness (QED) is 0.651. The van der Waals surface area contributed by atoms with Crippen molar-refractivity contribution in [3.8, 4) is 11.5 Å². The number of halogens is 1. The van der Waals surface area contributed by atoms with Crippen LogP contribution in [0.1, 0.15) is 0 Å². The average Bonchev–Trinajstić information content (AvgIpc) is 2.75. The minimum atomic E-state index is -0.474. The molecule has 2 N–H and O–H groups in total. The zero-order valence-electron chi connectivity index (χ0n) is 8.72. The van der Waals surface area contributed by atoms with E-state index in [-0.39, 0.29) is 11.5 Å². The lowest BCUT2D eigenvalue weighted by Crippen LogP contribution is -1.87. The number of fused-ring (bicyclic) bond motifs is 1. The Hall–Kier alpha value is -2.43. The second kappa shape index (κ2) is 3.55. The Morgan fingerprint density at radius 2 is 2.12 bits per heavy atom. The molecule has 0 fully saturated rings. The monoisotopic (exact) mass is 229 g/mol. The second-order valence-electron chi connectivity index (χ2n) is 3.57. The number of hydrogen-bond donors (Lipinski definition) is 1. The van der Waals surface area contributed by atoms with Crippen LogP contribution in [0.3, 0.4) is 0 Å². The lowest BCUT2D eigenvalue weighted by Gasteiger charge is -1.94. The van der Waals surface area contributed by atoms with Crippen LogP contribution in [0.15, 0.2) is 41.1 Å². The van der Waals surface area contributed by atoms with Crippen LogP contribution in [0.2, 0.25) is 0 Å². The van der Waals surface area contributed by atoms with Gasteiger partial charge in [-0.2, -0.15) is 0 Å². The molecule has 0 unspecified atom stereocenters. The molecule has 2 heterocycles. The molecule has 17 heavy (non-hydrogen) atoms. The number of oxazole rings is 1. The fraction of sp³-hybridized carbons (Fsp3) is 0. The number of rotatable bonds is 1. The molecule has 3 aromatic rings. The molecule has 0 spiro atoms. The van der Waals surface area contributed by atoms with Crippen LogP contribution in [-0.2, 0) is 0 Å². The van der Waals surface area contributed by atoms with Crippen molar-refractivity contribution >= 4 is 16.8 Å². The summed E-state index contributed by atoms with van der Waals surface area (Å²) in [7, 11) is 0. The molecule has 84 valence electrons. The molecule has 0 aliphatic heterocycles. The van der Waals surface area contributed by atoms with Crippen LogP contribution in [0.4, 0.5) is 10.1 Å².